The molecule has 17 heavy (non-hydrogen) atoms. The molecule has 1 saturated heterocycles. The number of nitrogens with one attached hydrogen (secondary N) is 1. The molecular formula is C13H17F2NO. The Morgan fingerprint density at radius 2 is 2.24 bits per heavy atom. The Morgan fingerprint density at radius 3 is 2.94 bits per heavy atom. The van der Waals surface area contributed by atoms with Gasteiger partial charge in [0.1, 0.15) is 12.4 Å². The van der Waals surface area contributed by atoms with E-state index >= 15 is 0 Å². The number of piperidine rings is 1. The zero-order valence-electron chi connectivity index (χ0n) is 9.66. The Labute approximate surface area is 100.0 Å². The Bertz CT molecular complexity index is 351. The minimum absolute atomic E-state index is 0.0131. The molecule has 1 aromatic carbocycles. The predicted molar refractivity (Wildman–Crippen MR) is 62.5 cm³/mol. The highest BCUT2D eigenvalue weighted by molar-refractivity contribution is 5.29. The van der Waals surface area contributed by atoms with Crippen molar-refractivity contribution < 1.29 is 13.5 Å². The minimum Gasteiger partial charge on any atom is -0.492 e. The summed E-state index contributed by atoms with van der Waals surface area (Å²) < 4.78 is 30.5. The van der Waals surface area contributed by atoms with E-state index in [-0.39, 0.29) is 5.56 Å². The summed E-state index contributed by atoms with van der Waals surface area (Å²) in [6.45, 7) is 1.57. The molecule has 1 aromatic rings. The molecule has 0 bridgehead atoms. The first-order valence-corrected chi connectivity index (χ1v) is 6.00. The molecule has 0 aliphatic carbocycles. The molecule has 0 radical (unpaired) electrons. The van der Waals surface area contributed by atoms with Crippen molar-refractivity contribution in [3.8, 4) is 5.75 Å². The molecule has 1 aliphatic heterocycles. The molecule has 2 rings (SSSR count). The third-order valence-corrected chi connectivity index (χ3v) is 2.97. The van der Waals surface area contributed by atoms with Crippen LogP contribution in [0, 0.1) is 0 Å². The molecule has 1 atom stereocenters. The Morgan fingerprint density at radius 1 is 1.35 bits per heavy atom. The fourth-order valence-electron chi connectivity index (χ4n) is 2.00. The maximum Gasteiger partial charge on any atom is 0.263 e. The third-order valence-electron chi connectivity index (χ3n) is 2.97. The van der Waals surface area contributed by atoms with Crippen LogP contribution in [0.25, 0.3) is 0 Å². The van der Waals surface area contributed by atoms with Crippen LogP contribution < -0.4 is 10.1 Å². The lowest BCUT2D eigenvalue weighted by Gasteiger charge is -2.23. The van der Waals surface area contributed by atoms with Crippen LogP contribution in [0.3, 0.4) is 0 Å². The summed E-state index contributed by atoms with van der Waals surface area (Å²) in [5.74, 6) is 0.523. The van der Waals surface area contributed by atoms with Crippen molar-refractivity contribution in [2.24, 2.45) is 0 Å². The Kier molecular flexibility index (Phi) is 4.31. The lowest BCUT2D eigenvalue weighted by molar-refractivity contribution is 0.150. The molecule has 1 fully saturated rings. The van der Waals surface area contributed by atoms with E-state index in [0.29, 0.717) is 18.4 Å². The van der Waals surface area contributed by atoms with Gasteiger partial charge in [-0.25, -0.2) is 8.78 Å². The predicted octanol–water partition coefficient (Wildman–Crippen LogP) is 3.15. The van der Waals surface area contributed by atoms with Crippen LogP contribution in [0.4, 0.5) is 8.78 Å². The smallest absolute Gasteiger partial charge is 0.263 e. The molecule has 1 N–H and O–H groups in total. The van der Waals surface area contributed by atoms with Crippen LogP contribution in [0.1, 0.15) is 31.3 Å². The van der Waals surface area contributed by atoms with Gasteiger partial charge >= 0.3 is 0 Å². The van der Waals surface area contributed by atoms with E-state index in [1.807, 2.05) is 0 Å². The second kappa shape index (κ2) is 5.96. The quantitative estimate of drug-likeness (QED) is 0.874. The minimum atomic E-state index is -2.44. The van der Waals surface area contributed by atoms with E-state index in [1.54, 1.807) is 12.1 Å². The second-order valence-electron chi connectivity index (χ2n) is 4.33. The molecule has 0 aromatic heterocycles. The van der Waals surface area contributed by atoms with Crippen LogP contribution >= 0.6 is 0 Å². The van der Waals surface area contributed by atoms with Gasteiger partial charge in [-0.05, 0) is 31.5 Å². The number of hydrogen-bond acceptors (Lipinski definition) is 2. The topological polar surface area (TPSA) is 21.3 Å². The average Bonchev–Trinajstić information content (AvgIpc) is 2.38. The van der Waals surface area contributed by atoms with E-state index in [2.05, 4.69) is 5.32 Å². The van der Waals surface area contributed by atoms with E-state index in [9.17, 15) is 8.78 Å². The monoisotopic (exact) mass is 241 g/mol. The highest BCUT2D eigenvalue weighted by atomic mass is 19.3. The van der Waals surface area contributed by atoms with Crippen molar-refractivity contribution >= 4 is 0 Å². The highest BCUT2D eigenvalue weighted by Gasteiger charge is 2.13. The lowest BCUT2D eigenvalue weighted by atomic mass is 10.1. The maximum absolute atomic E-state index is 12.5. The normalized spacial score (nSPS) is 20.5. The second-order valence-corrected chi connectivity index (χ2v) is 4.33. The Balaban J connectivity index is 1.87. The number of benzene rings is 1. The van der Waals surface area contributed by atoms with Gasteiger partial charge in [0, 0.05) is 11.6 Å². The number of hydrogen-bond donors (Lipinski definition) is 1. The van der Waals surface area contributed by atoms with E-state index in [1.165, 1.54) is 25.0 Å². The van der Waals surface area contributed by atoms with Crippen molar-refractivity contribution in [3.05, 3.63) is 29.8 Å². The van der Waals surface area contributed by atoms with Gasteiger partial charge in [-0.1, -0.05) is 18.6 Å². The summed E-state index contributed by atoms with van der Waals surface area (Å²) in [5.41, 5.74) is 0.0131. The molecule has 0 saturated carbocycles. The van der Waals surface area contributed by atoms with Crippen molar-refractivity contribution in [2.45, 2.75) is 31.7 Å². The number of halogens is 2. The van der Waals surface area contributed by atoms with Gasteiger partial charge in [0.05, 0.1) is 0 Å². The number of ether oxygens (including phenoxy) is 1. The van der Waals surface area contributed by atoms with Crippen LogP contribution in [0.15, 0.2) is 24.3 Å². The zero-order chi connectivity index (χ0) is 12.1. The maximum atomic E-state index is 12.5. The van der Waals surface area contributed by atoms with Crippen LogP contribution in [-0.4, -0.2) is 19.2 Å². The van der Waals surface area contributed by atoms with E-state index < -0.39 is 6.43 Å². The summed E-state index contributed by atoms with van der Waals surface area (Å²) in [7, 11) is 0. The average molecular weight is 241 g/mol. The van der Waals surface area contributed by atoms with Gasteiger partial charge in [0.2, 0.25) is 0 Å². The SMILES string of the molecule is FC(F)c1cccc(OCC2CCCCN2)c1. The van der Waals surface area contributed by atoms with E-state index in [0.717, 1.165) is 13.0 Å². The first-order chi connectivity index (χ1) is 8.25. The molecule has 2 nitrogen and oxygen atoms in total. The number of alkyl halides is 2. The Hall–Kier alpha value is -1.16. The number of rotatable bonds is 4. The van der Waals surface area contributed by atoms with Crippen molar-refractivity contribution in [3.63, 3.8) is 0 Å². The zero-order valence-corrected chi connectivity index (χ0v) is 9.66. The van der Waals surface area contributed by atoms with Gasteiger partial charge in [-0.15, -0.1) is 0 Å². The summed E-state index contributed by atoms with van der Waals surface area (Å²) in [4.78, 5) is 0. The van der Waals surface area contributed by atoms with E-state index in [4.69, 9.17) is 4.74 Å². The standard InChI is InChI=1S/C13H17F2NO/c14-13(15)10-4-3-6-12(8-10)17-9-11-5-1-2-7-16-11/h3-4,6,8,11,13,16H,1-2,5,7,9H2. The lowest BCUT2D eigenvalue weighted by Crippen LogP contribution is -2.38. The van der Waals surface area contributed by atoms with Crippen LogP contribution in [0.5, 0.6) is 5.75 Å². The molecule has 0 amide bonds. The van der Waals surface area contributed by atoms with Crippen molar-refractivity contribution in [1.29, 1.82) is 0 Å². The summed E-state index contributed by atoms with van der Waals surface area (Å²) in [6, 6.07) is 6.49. The summed E-state index contributed by atoms with van der Waals surface area (Å²) in [5, 5.41) is 3.35. The van der Waals surface area contributed by atoms with Gasteiger partial charge < -0.3 is 10.1 Å². The highest BCUT2D eigenvalue weighted by Crippen LogP contribution is 2.23. The molecule has 94 valence electrons. The molecule has 0 spiro atoms. The molecule has 1 aliphatic rings. The molecule has 1 heterocycles. The third kappa shape index (κ3) is 3.66. The fraction of sp³-hybridized carbons (Fsp3) is 0.538. The van der Waals surface area contributed by atoms with Crippen molar-refractivity contribution in [1.82, 2.24) is 5.32 Å². The molecular weight excluding hydrogens is 224 g/mol. The van der Waals surface area contributed by atoms with Gasteiger partial charge in [-0.3, -0.25) is 0 Å². The molecule has 1 unspecified atom stereocenters. The summed E-state index contributed by atoms with van der Waals surface area (Å²) >= 11 is 0. The van der Waals surface area contributed by atoms with Crippen molar-refractivity contribution in [2.75, 3.05) is 13.2 Å². The van der Waals surface area contributed by atoms with Crippen LogP contribution in [-0.2, 0) is 0 Å². The first-order valence-electron chi connectivity index (χ1n) is 6.00. The van der Waals surface area contributed by atoms with Gasteiger partial charge in [0.15, 0.2) is 0 Å². The van der Waals surface area contributed by atoms with Crippen LogP contribution in [0.2, 0.25) is 0 Å². The first kappa shape index (κ1) is 12.3. The van der Waals surface area contributed by atoms with Gasteiger partial charge in [0.25, 0.3) is 6.43 Å². The molecule has 4 heteroatoms. The summed E-state index contributed by atoms with van der Waals surface area (Å²) in [6.07, 6.45) is 1.07. The largest absolute Gasteiger partial charge is 0.492 e. The fourth-order valence-corrected chi connectivity index (χ4v) is 2.00. The van der Waals surface area contributed by atoms with Gasteiger partial charge in [-0.2, -0.15) is 0 Å².